The molecule has 2 aromatic rings. The van der Waals surface area contributed by atoms with E-state index >= 15 is 0 Å². The maximum Gasteiger partial charge on any atom is 0.319 e. The lowest BCUT2D eigenvalue weighted by Crippen LogP contribution is -2.45. The lowest BCUT2D eigenvalue weighted by Gasteiger charge is -2.37. The van der Waals surface area contributed by atoms with Crippen LogP contribution >= 0.6 is 0 Å². The molecule has 1 saturated heterocycles. The molecule has 0 spiro atoms. The minimum atomic E-state index is -0.238. The summed E-state index contributed by atoms with van der Waals surface area (Å²) in [5, 5.41) is 5.76. The molecule has 0 radical (unpaired) electrons. The molecule has 1 aliphatic rings. The highest BCUT2D eigenvalue weighted by Gasteiger charge is 2.24. The minimum Gasteiger partial charge on any atom is -0.472 e. The molecule has 2 atom stereocenters. The van der Waals surface area contributed by atoms with Gasteiger partial charge in [-0.1, -0.05) is 12.1 Å². The third-order valence-electron chi connectivity index (χ3n) is 3.95. The summed E-state index contributed by atoms with van der Waals surface area (Å²) in [5.74, 6) is 0. The lowest BCUT2D eigenvalue weighted by molar-refractivity contribution is -0.00517. The molecule has 1 aromatic carbocycles. The number of rotatable bonds is 4. The van der Waals surface area contributed by atoms with E-state index in [0.29, 0.717) is 6.54 Å². The van der Waals surface area contributed by atoms with E-state index in [-0.39, 0.29) is 18.2 Å². The highest BCUT2D eigenvalue weighted by Crippen LogP contribution is 2.28. The van der Waals surface area contributed by atoms with E-state index in [1.54, 1.807) is 12.5 Å². The zero-order valence-corrected chi connectivity index (χ0v) is 14.0. The number of benzene rings is 1. The molecule has 1 fully saturated rings. The Morgan fingerprint density at radius 3 is 2.67 bits per heavy atom. The number of hydrogen-bond acceptors (Lipinski definition) is 4. The van der Waals surface area contributed by atoms with Gasteiger partial charge in [0.1, 0.15) is 0 Å². The Morgan fingerprint density at radius 1 is 1.21 bits per heavy atom. The number of furan rings is 1. The third kappa shape index (κ3) is 4.08. The molecule has 24 heavy (non-hydrogen) atoms. The molecule has 6 nitrogen and oxygen atoms in total. The minimum absolute atomic E-state index is 0.164. The molecule has 128 valence electrons. The van der Waals surface area contributed by atoms with Crippen LogP contribution in [-0.2, 0) is 11.3 Å². The number of hydrogen-bond donors (Lipinski definition) is 2. The molecule has 0 aliphatic carbocycles. The largest absolute Gasteiger partial charge is 0.472 e. The fourth-order valence-corrected chi connectivity index (χ4v) is 2.97. The van der Waals surface area contributed by atoms with Crippen molar-refractivity contribution in [3.8, 4) is 0 Å². The number of para-hydroxylation sites is 2. The molecule has 2 N–H and O–H groups in total. The van der Waals surface area contributed by atoms with E-state index in [1.165, 1.54) is 0 Å². The van der Waals surface area contributed by atoms with Gasteiger partial charge in [-0.25, -0.2) is 4.79 Å². The van der Waals surface area contributed by atoms with Gasteiger partial charge in [0.2, 0.25) is 0 Å². The van der Waals surface area contributed by atoms with E-state index in [2.05, 4.69) is 29.4 Å². The normalized spacial score (nSPS) is 20.7. The zero-order chi connectivity index (χ0) is 16.9. The average Bonchev–Trinajstić information content (AvgIpc) is 3.06. The molecule has 6 heteroatoms. The quantitative estimate of drug-likeness (QED) is 0.904. The van der Waals surface area contributed by atoms with Gasteiger partial charge in [-0.2, -0.15) is 0 Å². The Balaban J connectivity index is 1.66. The predicted octanol–water partition coefficient (Wildman–Crippen LogP) is 3.21. The molecule has 0 bridgehead atoms. The van der Waals surface area contributed by atoms with Crippen molar-refractivity contribution in [3.63, 3.8) is 0 Å². The van der Waals surface area contributed by atoms with Crippen LogP contribution in [0, 0.1) is 0 Å². The average molecular weight is 329 g/mol. The van der Waals surface area contributed by atoms with Gasteiger partial charge in [0.25, 0.3) is 0 Å². The monoisotopic (exact) mass is 329 g/mol. The first-order valence-corrected chi connectivity index (χ1v) is 8.17. The van der Waals surface area contributed by atoms with Crippen molar-refractivity contribution < 1.29 is 13.9 Å². The molecular weight excluding hydrogens is 306 g/mol. The fourth-order valence-electron chi connectivity index (χ4n) is 2.97. The SMILES string of the molecule is C[C@H]1CN(c2ccccc2NC(=O)NCc2ccoc2)C[C@H](C)O1. The van der Waals surface area contributed by atoms with Crippen molar-refractivity contribution in [3.05, 3.63) is 48.4 Å². The number of carbonyl (C=O) groups is 1. The van der Waals surface area contributed by atoms with Gasteiger partial charge in [0.15, 0.2) is 0 Å². The van der Waals surface area contributed by atoms with E-state index in [0.717, 1.165) is 30.0 Å². The maximum absolute atomic E-state index is 12.2. The van der Waals surface area contributed by atoms with Crippen LogP contribution in [-0.4, -0.2) is 31.3 Å². The molecule has 3 rings (SSSR count). The maximum atomic E-state index is 12.2. The first kappa shape index (κ1) is 16.4. The number of morpholine rings is 1. The van der Waals surface area contributed by atoms with Crippen molar-refractivity contribution in [2.45, 2.75) is 32.6 Å². The van der Waals surface area contributed by atoms with E-state index in [1.807, 2.05) is 30.3 Å². The number of carbonyl (C=O) groups excluding carboxylic acids is 1. The van der Waals surface area contributed by atoms with Crippen LogP contribution in [0.1, 0.15) is 19.4 Å². The molecule has 2 amide bonds. The van der Waals surface area contributed by atoms with Gasteiger partial charge in [0, 0.05) is 25.2 Å². The third-order valence-corrected chi connectivity index (χ3v) is 3.95. The standard InChI is InChI=1S/C18H23N3O3/c1-13-10-21(11-14(2)24-13)17-6-4-3-5-16(17)20-18(22)19-9-15-7-8-23-12-15/h3-8,12-14H,9-11H2,1-2H3,(H2,19,20,22)/t13-,14-/m0/s1. The zero-order valence-electron chi connectivity index (χ0n) is 14.0. The van der Waals surface area contributed by atoms with Gasteiger partial charge in [-0.05, 0) is 32.0 Å². The summed E-state index contributed by atoms with van der Waals surface area (Å²) in [5.41, 5.74) is 2.73. The van der Waals surface area contributed by atoms with E-state index in [4.69, 9.17) is 9.15 Å². The van der Waals surface area contributed by atoms with Crippen LogP contribution in [0.4, 0.5) is 16.2 Å². The second-order valence-corrected chi connectivity index (χ2v) is 6.12. The number of urea groups is 1. The highest BCUT2D eigenvalue weighted by molar-refractivity contribution is 5.93. The van der Waals surface area contributed by atoms with Crippen molar-refractivity contribution in [2.24, 2.45) is 0 Å². The molecule has 0 saturated carbocycles. The number of amides is 2. The summed E-state index contributed by atoms with van der Waals surface area (Å²) >= 11 is 0. The van der Waals surface area contributed by atoms with E-state index < -0.39 is 0 Å². The number of nitrogens with one attached hydrogen (secondary N) is 2. The van der Waals surface area contributed by atoms with Gasteiger partial charge < -0.3 is 24.7 Å². The number of ether oxygens (including phenoxy) is 1. The summed E-state index contributed by atoms with van der Waals surface area (Å²) in [7, 11) is 0. The summed E-state index contributed by atoms with van der Waals surface area (Å²) in [6.45, 7) is 6.17. The molecule has 1 aromatic heterocycles. The van der Waals surface area contributed by atoms with Crippen molar-refractivity contribution in [1.29, 1.82) is 0 Å². The van der Waals surface area contributed by atoms with Crippen LogP contribution in [0.2, 0.25) is 0 Å². The Labute approximate surface area is 141 Å². The lowest BCUT2D eigenvalue weighted by atomic mass is 10.1. The Bertz CT molecular complexity index is 662. The first-order valence-electron chi connectivity index (χ1n) is 8.17. The van der Waals surface area contributed by atoms with Crippen LogP contribution in [0.5, 0.6) is 0 Å². The predicted molar refractivity (Wildman–Crippen MR) is 93.2 cm³/mol. The van der Waals surface area contributed by atoms with Crippen LogP contribution in [0.15, 0.2) is 47.3 Å². The summed E-state index contributed by atoms with van der Waals surface area (Å²) in [4.78, 5) is 14.4. The van der Waals surface area contributed by atoms with Gasteiger partial charge in [-0.15, -0.1) is 0 Å². The number of nitrogens with zero attached hydrogens (tertiary/aromatic N) is 1. The molecular formula is C18H23N3O3. The summed E-state index contributed by atoms with van der Waals surface area (Å²) in [6.07, 6.45) is 3.53. The molecule has 2 heterocycles. The molecule has 0 unspecified atom stereocenters. The van der Waals surface area contributed by atoms with Crippen LogP contribution in [0.25, 0.3) is 0 Å². The van der Waals surface area contributed by atoms with Gasteiger partial charge in [-0.3, -0.25) is 0 Å². The summed E-state index contributed by atoms with van der Waals surface area (Å²) < 4.78 is 10.8. The van der Waals surface area contributed by atoms with E-state index in [9.17, 15) is 4.79 Å². The smallest absolute Gasteiger partial charge is 0.319 e. The Kier molecular flexibility index (Phi) is 5.05. The topological polar surface area (TPSA) is 66.7 Å². The number of anilines is 2. The fraction of sp³-hybridized carbons (Fsp3) is 0.389. The Hall–Kier alpha value is -2.47. The summed E-state index contributed by atoms with van der Waals surface area (Å²) in [6, 6.07) is 9.42. The van der Waals surface area contributed by atoms with Crippen molar-refractivity contribution in [1.82, 2.24) is 5.32 Å². The van der Waals surface area contributed by atoms with Crippen LogP contribution in [0.3, 0.4) is 0 Å². The second kappa shape index (κ2) is 7.40. The van der Waals surface area contributed by atoms with Crippen molar-refractivity contribution in [2.75, 3.05) is 23.3 Å². The highest BCUT2D eigenvalue weighted by atomic mass is 16.5. The van der Waals surface area contributed by atoms with Gasteiger partial charge >= 0.3 is 6.03 Å². The Morgan fingerprint density at radius 2 is 1.96 bits per heavy atom. The molecule has 1 aliphatic heterocycles. The van der Waals surface area contributed by atoms with Crippen LogP contribution < -0.4 is 15.5 Å². The van der Waals surface area contributed by atoms with Crippen molar-refractivity contribution >= 4 is 17.4 Å². The van der Waals surface area contributed by atoms with Gasteiger partial charge in [0.05, 0.1) is 36.1 Å². The second-order valence-electron chi connectivity index (χ2n) is 6.12. The first-order chi connectivity index (χ1) is 11.6.